The average Bonchev–Trinajstić information content (AvgIpc) is 2.70. The fourth-order valence-corrected chi connectivity index (χ4v) is 3.57. The third-order valence-electron chi connectivity index (χ3n) is 5.30. The van der Waals surface area contributed by atoms with Crippen molar-refractivity contribution >= 4 is 34.5 Å². The van der Waals surface area contributed by atoms with E-state index in [1.165, 1.54) is 4.57 Å². The number of H-pyrrole nitrogens is 1. The van der Waals surface area contributed by atoms with Crippen LogP contribution in [0.15, 0.2) is 27.8 Å². The Balaban J connectivity index is 2.48. The van der Waals surface area contributed by atoms with Crippen LogP contribution in [0.1, 0.15) is 57.1 Å². The van der Waals surface area contributed by atoms with Gasteiger partial charge in [0, 0.05) is 18.8 Å². The zero-order valence-electron chi connectivity index (χ0n) is 18.4. The van der Waals surface area contributed by atoms with Gasteiger partial charge in [0.1, 0.15) is 5.82 Å². The molecule has 164 valence electrons. The van der Waals surface area contributed by atoms with E-state index in [2.05, 4.69) is 17.2 Å². The molecule has 0 aliphatic heterocycles. The Bertz CT molecular complexity index is 996. The van der Waals surface area contributed by atoms with Gasteiger partial charge in [-0.15, -0.1) is 0 Å². The largest absolute Gasteiger partial charge is 0.383 e. The summed E-state index contributed by atoms with van der Waals surface area (Å²) in [6.45, 7) is 9.19. The number of nitrogens with one attached hydrogen (secondary N) is 2. The molecule has 7 nitrogen and oxygen atoms in total. The topological polar surface area (TPSA) is 96.2 Å². The van der Waals surface area contributed by atoms with Crippen molar-refractivity contribution < 1.29 is 0 Å². The first-order valence-corrected chi connectivity index (χ1v) is 11.0. The zero-order chi connectivity index (χ0) is 22.3. The van der Waals surface area contributed by atoms with E-state index in [-0.39, 0.29) is 11.5 Å². The van der Waals surface area contributed by atoms with Crippen molar-refractivity contribution in [2.45, 2.75) is 66.3 Å². The summed E-state index contributed by atoms with van der Waals surface area (Å²) in [6.07, 6.45) is 4.57. The minimum absolute atomic E-state index is 0.152. The Morgan fingerprint density at radius 3 is 2.53 bits per heavy atom. The highest BCUT2D eigenvalue weighted by Gasteiger charge is 2.22. The predicted octanol–water partition coefficient (Wildman–Crippen LogP) is 3.93. The van der Waals surface area contributed by atoms with Crippen molar-refractivity contribution in [3.63, 3.8) is 0 Å². The quantitative estimate of drug-likeness (QED) is 0.411. The number of nitrogen functional groups attached to an aromatic ring is 1. The van der Waals surface area contributed by atoms with E-state index in [0.717, 1.165) is 48.9 Å². The molecule has 1 aromatic carbocycles. The van der Waals surface area contributed by atoms with Crippen LogP contribution in [0.3, 0.4) is 0 Å². The monoisotopic (exact) mass is 431 g/mol. The molecule has 0 saturated carbocycles. The molecule has 0 radical (unpaired) electrons. The zero-order valence-corrected chi connectivity index (χ0v) is 19.2. The van der Waals surface area contributed by atoms with Gasteiger partial charge < -0.3 is 16.0 Å². The first-order valence-electron chi connectivity index (χ1n) is 10.6. The number of aromatic amines is 1. The number of thiocarbonyl (C=S) groups is 1. The molecule has 30 heavy (non-hydrogen) atoms. The Morgan fingerprint density at radius 1 is 1.17 bits per heavy atom. The van der Waals surface area contributed by atoms with E-state index in [0.29, 0.717) is 18.2 Å². The molecule has 1 heterocycles. The second-order valence-corrected chi connectivity index (χ2v) is 7.92. The molecule has 0 spiro atoms. The summed E-state index contributed by atoms with van der Waals surface area (Å²) < 4.78 is 1.42. The van der Waals surface area contributed by atoms with Gasteiger partial charge in [-0.05, 0) is 56.1 Å². The number of anilines is 3. The summed E-state index contributed by atoms with van der Waals surface area (Å²) in [7, 11) is 0. The van der Waals surface area contributed by atoms with Gasteiger partial charge in [0.05, 0.1) is 0 Å². The molecule has 2 rings (SSSR count). The maximum absolute atomic E-state index is 12.8. The molecule has 2 aromatic rings. The van der Waals surface area contributed by atoms with Crippen LogP contribution in [-0.2, 0) is 6.54 Å². The number of benzene rings is 1. The van der Waals surface area contributed by atoms with Crippen LogP contribution >= 0.6 is 12.2 Å². The minimum atomic E-state index is -0.521. The lowest BCUT2D eigenvalue weighted by Gasteiger charge is -2.27. The second kappa shape index (κ2) is 11.0. The summed E-state index contributed by atoms with van der Waals surface area (Å²) >= 11 is 5.69. The maximum atomic E-state index is 12.8. The number of nitrogens with zero attached hydrogens (tertiary/aromatic N) is 2. The molecular weight excluding hydrogens is 398 g/mol. The lowest BCUT2D eigenvalue weighted by atomic mass is 10.1. The molecule has 4 N–H and O–H groups in total. The van der Waals surface area contributed by atoms with E-state index >= 15 is 0 Å². The number of unbranched alkanes of at least 4 members (excludes halogenated alkanes) is 3. The molecule has 8 heteroatoms. The Morgan fingerprint density at radius 2 is 1.87 bits per heavy atom. The smallest absolute Gasteiger partial charge is 0.330 e. The number of nitrogens with two attached hydrogens (primary N) is 1. The third kappa shape index (κ3) is 5.50. The SMILES string of the molecule is CCCCCN(C(=S)Nc1cccc(C)c1C)c1c(N)n(CCCC)c(=O)[nH]c1=O. The first kappa shape index (κ1) is 23.7. The highest BCUT2D eigenvalue weighted by molar-refractivity contribution is 7.80. The van der Waals surface area contributed by atoms with Crippen LogP contribution in [0.5, 0.6) is 0 Å². The van der Waals surface area contributed by atoms with E-state index in [9.17, 15) is 9.59 Å². The molecule has 0 bridgehead atoms. The molecular formula is C22H33N5O2S. The van der Waals surface area contributed by atoms with Gasteiger partial charge in [-0.1, -0.05) is 45.2 Å². The fourth-order valence-electron chi connectivity index (χ4n) is 3.28. The molecule has 0 aliphatic rings. The van der Waals surface area contributed by atoms with E-state index in [1.807, 2.05) is 39.0 Å². The van der Waals surface area contributed by atoms with Crippen LogP contribution in [0, 0.1) is 13.8 Å². The summed E-state index contributed by atoms with van der Waals surface area (Å²) in [4.78, 5) is 29.2. The van der Waals surface area contributed by atoms with Crippen molar-refractivity contribution in [3.05, 3.63) is 50.2 Å². The summed E-state index contributed by atoms with van der Waals surface area (Å²) in [5.41, 5.74) is 8.66. The standard InChI is InChI=1S/C22H33N5O2S/c1-5-7-9-14-26(22(30)24-17-12-10-11-15(3)16(17)4)18-19(23)27(13-8-6-2)21(29)25-20(18)28/h10-12H,5-9,13-14,23H2,1-4H3,(H,24,30)(H,25,28,29). The van der Waals surface area contributed by atoms with Crippen molar-refractivity contribution in [1.82, 2.24) is 9.55 Å². The van der Waals surface area contributed by atoms with Gasteiger partial charge in [-0.25, -0.2) is 4.79 Å². The maximum Gasteiger partial charge on any atom is 0.330 e. The fraction of sp³-hybridized carbons (Fsp3) is 0.500. The van der Waals surface area contributed by atoms with E-state index in [1.54, 1.807) is 4.90 Å². The molecule has 0 atom stereocenters. The number of rotatable bonds is 9. The van der Waals surface area contributed by atoms with Crippen LogP contribution in [0.25, 0.3) is 0 Å². The van der Waals surface area contributed by atoms with Crippen molar-refractivity contribution in [3.8, 4) is 0 Å². The predicted molar refractivity (Wildman–Crippen MR) is 130 cm³/mol. The van der Waals surface area contributed by atoms with Gasteiger partial charge in [0.15, 0.2) is 10.8 Å². The van der Waals surface area contributed by atoms with Gasteiger partial charge in [-0.3, -0.25) is 14.3 Å². The molecule has 0 unspecified atom stereocenters. The van der Waals surface area contributed by atoms with Crippen LogP contribution in [0.4, 0.5) is 17.2 Å². The Hall–Kier alpha value is -2.61. The highest BCUT2D eigenvalue weighted by Crippen LogP contribution is 2.22. The van der Waals surface area contributed by atoms with Crippen molar-refractivity contribution in [2.75, 3.05) is 22.5 Å². The normalized spacial score (nSPS) is 10.8. The summed E-state index contributed by atoms with van der Waals surface area (Å²) in [5.74, 6) is 0.152. The number of aromatic nitrogens is 2. The molecule has 0 saturated heterocycles. The molecule has 0 fully saturated rings. The Kier molecular flexibility index (Phi) is 8.65. The van der Waals surface area contributed by atoms with E-state index in [4.69, 9.17) is 18.0 Å². The average molecular weight is 432 g/mol. The molecule has 0 amide bonds. The summed E-state index contributed by atoms with van der Waals surface area (Å²) in [5, 5.41) is 3.66. The van der Waals surface area contributed by atoms with Crippen molar-refractivity contribution in [2.24, 2.45) is 0 Å². The van der Waals surface area contributed by atoms with Gasteiger partial charge in [-0.2, -0.15) is 0 Å². The minimum Gasteiger partial charge on any atom is -0.383 e. The first-order chi connectivity index (χ1) is 14.3. The van der Waals surface area contributed by atoms with E-state index < -0.39 is 11.2 Å². The third-order valence-corrected chi connectivity index (χ3v) is 5.62. The van der Waals surface area contributed by atoms with Crippen LogP contribution in [0.2, 0.25) is 0 Å². The Labute approximate surface area is 183 Å². The molecule has 0 aliphatic carbocycles. The second-order valence-electron chi connectivity index (χ2n) is 7.53. The van der Waals surface area contributed by atoms with Crippen LogP contribution < -0.4 is 27.2 Å². The lowest BCUT2D eigenvalue weighted by Crippen LogP contribution is -2.43. The van der Waals surface area contributed by atoms with Gasteiger partial charge >= 0.3 is 5.69 Å². The van der Waals surface area contributed by atoms with Gasteiger partial charge in [0.25, 0.3) is 5.56 Å². The number of aryl methyl sites for hydroxylation is 1. The number of hydrogen-bond donors (Lipinski definition) is 3. The van der Waals surface area contributed by atoms with Crippen LogP contribution in [-0.4, -0.2) is 21.2 Å². The molecule has 1 aromatic heterocycles. The lowest BCUT2D eigenvalue weighted by molar-refractivity contribution is 0.604. The summed E-state index contributed by atoms with van der Waals surface area (Å²) in [6, 6.07) is 5.95. The number of hydrogen-bond acceptors (Lipinski definition) is 4. The highest BCUT2D eigenvalue weighted by atomic mass is 32.1. The van der Waals surface area contributed by atoms with Crippen molar-refractivity contribution in [1.29, 1.82) is 0 Å². The van der Waals surface area contributed by atoms with Gasteiger partial charge in [0.2, 0.25) is 0 Å².